The maximum atomic E-state index is 11.3. The van der Waals surface area contributed by atoms with Crippen molar-refractivity contribution in [2.24, 2.45) is 5.92 Å². The number of hydrazine groups is 1. The highest BCUT2D eigenvalue weighted by Crippen LogP contribution is 2.09. The van der Waals surface area contributed by atoms with Gasteiger partial charge in [0.25, 0.3) is 0 Å². The number of nitrogens with one attached hydrogen (secondary N) is 2. The number of rotatable bonds is 2. The van der Waals surface area contributed by atoms with E-state index in [0.717, 1.165) is 6.42 Å². The highest BCUT2D eigenvalue weighted by molar-refractivity contribution is 5.76. The highest BCUT2D eigenvalue weighted by Gasteiger charge is 2.30. The Labute approximate surface area is 72.6 Å². The topological polar surface area (TPSA) is 50.4 Å². The summed E-state index contributed by atoms with van der Waals surface area (Å²) >= 11 is 0. The highest BCUT2D eigenvalue weighted by atomic mass is 16.6. The van der Waals surface area contributed by atoms with Crippen molar-refractivity contribution in [3.63, 3.8) is 0 Å². The predicted molar refractivity (Wildman–Crippen MR) is 45.1 cm³/mol. The molecule has 0 amide bonds. The van der Waals surface area contributed by atoms with E-state index in [0.29, 0.717) is 0 Å². The van der Waals surface area contributed by atoms with Crippen molar-refractivity contribution >= 4 is 5.97 Å². The van der Waals surface area contributed by atoms with E-state index in [1.807, 2.05) is 20.8 Å². The lowest BCUT2D eigenvalue weighted by Gasteiger charge is -2.31. The summed E-state index contributed by atoms with van der Waals surface area (Å²) in [5.41, 5.74) is 5.88. The molecule has 1 heterocycles. The third kappa shape index (κ3) is 1.95. The quantitative estimate of drug-likeness (QED) is 0.592. The summed E-state index contributed by atoms with van der Waals surface area (Å²) in [4.78, 5) is 11.3. The van der Waals surface area contributed by atoms with Gasteiger partial charge in [0, 0.05) is 0 Å². The van der Waals surface area contributed by atoms with Crippen LogP contribution in [0.15, 0.2) is 0 Å². The molecule has 1 saturated heterocycles. The lowest BCUT2D eigenvalue weighted by Crippen LogP contribution is -2.59. The Balaban J connectivity index is 2.48. The Morgan fingerprint density at radius 2 is 2.17 bits per heavy atom. The second-order valence-electron chi connectivity index (χ2n) is 3.34. The third-order valence-corrected chi connectivity index (χ3v) is 1.95. The van der Waals surface area contributed by atoms with Crippen LogP contribution in [-0.4, -0.2) is 18.2 Å². The van der Waals surface area contributed by atoms with Crippen LogP contribution in [0.4, 0.5) is 0 Å². The Kier molecular flexibility index (Phi) is 3.05. The van der Waals surface area contributed by atoms with E-state index in [4.69, 9.17) is 4.74 Å². The maximum Gasteiger partial charge on any atom is 0.326 e. The Morgan fingerprint density at radius 3 is 2.58 bits per heavy atom. The molecule has 2 N–H and O–H groups in total. The van der Waals surface area contributed by atoms with Crippen molar-refractivity contribution in [3.8, 4) is 0 Å². The Morgan fingerprint density at radius 1 is 1.50 bits per heavy atom. The van der Waals surface area contributed by atoms with E-state index in [9.17, 15) is 4.79 Å². The van der Waals surface area contributed by atoms with Crippen LogP contribution < -0.4 is 10.9 Å². The van der Waals surface area contributed by atoms with Crippen LogP contribution in [-0.2, 0) is 9.53 Å². The average Bonchev–Trinajstić information content (AvgIpc) is 2.03. The summed E-state index contributed by atoms with van der Waals surface area (Å²) in [5.74, 6) is 0.0957. The van der Waals surface area contributed by atoms with Crippen molar-refractivity contribution in [1.82, 2.24) is 10.9 Å². The summed E-state index contributed by atoms with van der Waals surface area (Å²) in [6.07, 6.45) is 0.608. The molecule has 0 spiro atoms. The van der Waals surface area contributed by atoms with Gasteiger partial charge in [-0.2, -0.15) is 0 Å². The molecule has 1 rings (SSSR count). The molecule has 2 atom stereocenters. The van der Waals surface area contributed by atoms with E-state index in [1.54, 1.807) is 0 Å². The molecule has 0 radical (unpaired) electrons. The van der Waals surface area contributed by atoms with E-state index < -0.39 is 0 Å². The van der Waals surface area contributed by atoms with Crippen molar-refractivity contribution in [3.05, 3.63) is 0 Å². The summed E-state index contributed by atoms with van der Waals surface area (Å²) in [7, 11) is 0. The molecule has 4 nitrogen and oxygen atoms in total. The van der Waals surface area contributed by atoms with Crippen LogP contribution in [0.3, 0.4) is 0 Å². The molecule has 1 aliphatic rings. The van der Waals surface area contributed by atoms with Crippen molar-refractivity contribution in [2.75, 3.05) is 0 Å². The summed E-state index contributed by atoms with van der Waals surface area (Å²) in [6, 6.07) is -0.215. The number of carbonyl (C=O) groups is 1. The van der Waals surface area contributed by atoms with E-state index in [1.165, 1.54) is 0 Å². The molecule has 0 aromatic rings. The first kappa shape index (κ1) is 9.48. The maximum absolute atomic E-state index is 11.3. The third-order valence-electron chi connectivity index (χ3n) is 1.95. The summed E-state index contributed by atoms with van der Waals surface area (Å²) in [6.45, 7) is 5.92. The molecule has 12 heavy (non-hydrogen) atoms. The van der Waals surface area contributed by atoms with Crippen LogP contribution >= 0.6 is 0 Å². The van der Waals surface area contributed by atoms with Gasteiger partial charge in [-0.25, -0.2) is 10.9 Å². The van der Waals surface area contributed by atoms with Crippen molar-refractivity contribution < 1.29 is 9.53 Å². The Hall–Kier alpha value is -0.610. The first-order valence-corrected chi connectivity index (χ1v) is 4.36. The smallest absolute Gasteiger partial charge is 0.326 e. The number of hydrogen-bond acceptors (Lipinski definition) is 4. The minimum absolute atomic E-state index is 0.157. The zero-order chi connectivity index (χ0) is 9.14. The normalized spacial score (nSPS) is 30.5. The van der Waals surface area contributed by atoms with Crippen molar-refractivity contribution in [1.29, 1.82) is 0 Å². The molecule has 1 unspecified atom stereocenters. The largest absolute Gasteiger partial charge is 0.444 e. The fourth-order valence-electron chi connectivity index (χ4n) is 1.11. The van der Waals surface area contributed by atoms with Gasteiger partial charge in [-0.1, -0.05) is 20.8 Å². The van der Waals surface area contributed by atoms with Gasteiger partial charge in [-0.3, -0.25) is 4.79 Å². The molecule has 0 bridgehead atoms. The van der Waals surface area contributed by atoms with Gasteiger partial charge >= 0.3 is 5.97 Å². The van der Waals surface area contributed by atoms with Gasteiger partial charge in [0.05, 0.1) is 0 Å². The monoisotopic (exact) mass is 172 g/mol. The first-order valence-electron chi connectivity index (χ1n) is 4.36. The molecule has 1 aliphatic heterocycles. The van der Waals surface area contributed by atoms with Crippen LogP contribution in [0.5, 0.6) is 0 Å². The fourth-order valence-corrected chi connectivity index (χ4v) is 1.11. The molecule has 1 fully saturated rings. The molecule has 4 heteroatoms. The molecule has 0 saturated carbocycles. The standard InChI is InChI=1S/C8H16N2O2/c1-4-6-9-10-7(5(2)3)8(11)12-6/h5-7,9-10H,4H2,1-3H3/t6?,7-/m0/s1. The van der Waals surface area contributed by atoms with Gasteiger partial charge in [0.1, 0.15) is 6.04 Å². The average molecular weight is 172 g/mol. The van der Waals surface area contributed by atoms with Crippen LogP contribution in [0.25, 0.3) is 0 Å². The van der Waals surface area contributed by atoms with Crippen molar-refractivity contribution in [2.45, 2.75) is 39.5 Å². The first-order chi connectivity index (χ1) is 5.65. The van der Waals surface area contributed by atoms with E-state index >= 15 is 0 Å². The van der Waals surface area contributed by atoms with E-state index in [2.05, 4.69) is 10.9 Å². The zero-order valence-electron chi connectivity index (χ0n) is 7.76. The van der Waals surface area contributed by atoms with Gasteiger partial charge in [0.15, 0.2) is 6.23 Å². The lowest BCUT2D eigenvalue weighted by molar-refractivity contribution is -0.163. The number of ether oxygens (including phenoxy) is 1. The van der Waals surface area contributed by atoms with Crippen LogP contribution in [0, 0.1) is 5.92 Å². The van der Waals surface area contributed by atoms with Crippen LogP contribution in [0.1, 0.15) is 27.2 Å². The number of carbonyl (C=O) groups excluding carboxylic acids is 1. The number of esters is 1. The molecule has 0 aromatic heterocycles. The minimum Gasteiger partial charge on any atom is -0.444 e. The summed E-state index contributed by atoms with van der Waals surface area (Å²) in [5, 5.41) is 0. The molecule has 0 aromatic carbocycles. The number of cyclic esters (lactones) is 1. The predicted octanol–water partition coefficient (Wildman–Crippen LogP) is 0.398. The Bertz CT molecular complexity index is 170. The van der Waals surface area contributed by atoms with Gasteiger partial charge in [-0.05, 0) is 12.3 Å². The van der Waals surface area contributed by atoms with Gasteiger partial charge in [0.2, 0.25) is 0 Å². The minimum atomic E-state index is -0.215. The van der Waals surface area contributed by atoms with E-state index in [-0.39, 0.29) is 24.2 Å². The molecule has 0 aliphatic carbocycles. The van der Waals surface area contributed by atoms with Gasteiger partial charge < -0.3 is 4.74 Å². The second-order valence-corrected chi connectivity index (χ2v) is 3.34. The zero-order valence-corrected chi connectivity index (χ0v) is 7.76. The van der Waals surface area contributed by atoms with Gasteiger partial charge in [-0.15, -0.1) is 0 Å². The molecular weight excluding hydrogens is 156 g/mol. The fraction of sp³-hybridized carbons (Fsp3) is 0.875. The van der Waals surface area contributed by atoms with Crippen LogP contribution in [0.2, 0.25) is 0 Å². The molecular formula is C8H16N2O2. The molecule has 70 valence electrons. The lowest BCUT2D eigenvalue weighted by atomic mass is 10.1. The summed E-state index contributed by atoms with van der Waals surface area (Å²) < 4.78 is 5.10. The SMILES string of the molecule is CCC1NN[C@@H](C(C)C)C(=O)O1. The second kappa shape index (κ2) is 3.87. The number of hydrogen-bond donors (Lipinski definition) is 2.